The smallest absolute Gasteiger partial charge is 0.339 e. The number of nitrogens with zero attached hydrogens (tertiary/aromatic N) is 1. The van der Waals surface area contributed by atoms with E-state index in [1.165, 1.54) is 6.07 Å². The predicted octanol–water partition coefficient (Wildman–Crippen LogP) is 0.625. The zero-order valence-corrected chi connectivity index (χ0v) is 11.3. The second-order valence-electron chi connectivity index (χ2n) is 4.33. The number of hydrogen-bond donors (Lipinski definition) is 1. The van der Waals surface area contributed by atoms with Crippen LogP contribution in [0.4, 0.5) is 5.69 Å². The van der Waals surface area contributed by atoms with E-state index in [1.807, 2.05) is 4.90 Å². The monoisotopic (exact) mass is 285 g/mol. The molecule has 1 heterocycles. The molecule has 2 rings (SSSR count). The molecular formula is C12H15NO5S. The molecule has 1 aliphatic heterocycles. The summed E-state index contributed by atoms with van der Waals surface area (Å²) in [7, 11) is -3.58. The zero-order chi connectivity index (χ0) is 14.0. The van der Waals surface area contributed by atoms with Gasteiger partial charge in [-0.25, -0.2) is 13.2 Å². The molecule has 0 atom stereocenters. The number of ether oxygens (including phenoxy) is 1. The van der Waals surface area contributed by atoms with Crippen molar-refractivity contribution in [2.45, 2.75) is 4.90 Å². The van der Waals surface area contributed by atoms with E-state index in [9.17, 15) is 18.3 Å². The van der Waals surface area contributed by atoms with E-state index in [2.05, 4.69) is 0 Å². The molecule has 0 saturated carbocycles. The summed E-state index contributed by atoms with van der Waals surface area (Å²) in [5.74, 6) is -1.23. The number of carbonyl (C=O) groups is 1. The normalized spacial score (nSPS) is 16.4. The summed E-state index contributed by atoms with van der Waals surface area (Å²) in [5.41, 5.74) is 0.269. The average molecular weight is 285 g/mol. The van der Waals surface area contributed by atoms with Crippen LogP contribution in [-0.4, -0.2) is 52.1 Å². The van der Waals surface area contributed by atoms with Gasteiger partial charge in [-0.2, -0.15) is 0 Å². The van der Waals surface area contributed by atoms with Gasteiger partial charge in [0.25, 0.3) is 0 Å². The highest BCUT2D eigenvalue weighted by atomic mass is 32.2. The number of benzene rings is 1. The molecule has 0 amide bonds. The van der Waals surface area contributed by atoms with Crippen molar-refractivity contribution in [1.82, 2.24) is 0 Å². The second kappa shape index (κ2) is 5.18. The Morgan fingerprint density at radius 1 is 1.32 bits per heavy atom. The Bertz CT molecular complexity index is 590. The number of rotatable bonds is 3. The molecule has 1 aliphatic rings. The molecule has 0 spiro atoms. The Morgan fingerprint density at radius 3 is 2.47 bits per heavy atom. The number of sulfone groups is 1. The molecule has 1 N–H and O–H groups in total. The summed E-state index contributed by atoms with van der Waals surface area (Å²) >= 11 is 0. The molecule has 1 aromatic carbocycles. The second-order valence-corrected chi connectivity index (χ2v) is 6.31. The van der Waals surface area contributed by atoms with Crippen molar-refractivity contribution >= 4 is 21.5 Å². The average Bonchev–Trinajstić information content (AvgIpc) is 2.37. The highest BCUT2D eigenvalue weighted by Crippen LogP contribution is 2.27. The van der Waals surface area contributed by atoms with Crippen molar-refractivity contribution in [1.29, 1.82) is 0 Å². The first-order valence-electron chi connectivity index (χ1n) is 5.80. The molecule has 1 fully saturated rings. The molecule has 7 heteroatoms. The molecule has 0 aliphatic carbocycles. The van der Waals surface area contributed by atoms with Crippen molar-refractivity contribution in [2.75, 3.05) is 37.5 Å². The third-order valence-electron chi connectivity index (χ3n) is 2.97. The summed E-state index contributed by atoms with van der Waals surface area (Å²) in [6, 6.07) is 4.51. The first kappa shape index (κ1) is 13.8. The van der Waals surface area contributed by atoms with E-state index < -0.39 is 15.8 Å². The van der Waals surface area contributed by atoms with Crippen LogP contribution in [0.1, 0.15) is 10.4 Å². The lowest BCUT2D eigenvalue weighted by molar-refractivity contribution is 0.0692. The minimum atomic E-state index is -3.58. The lowest BCUT2D eigenvalue weighted by Gasteiger charge is -2.30. The Hall–Kier alpha value is -1.60. The molecule has 0 radical (unpaired) electrons. The van der Waals surface area contributed by atoms with Crippen LogP contribution in [0.5, 0.6) is 0 Å². The molecule has 0 aromatic heterocycles. The van der Waals surface area contributed by atoms with E-state index in [1.54, 1.807) is 12.1 Å². The number of carboxylic acids is 1. The highest BCUT2D eigenvalue weighted by molar-refractivity contribution is 7.90. The van der Waals surface area contributed by atoms with Crippen LogP contribution in [0, 0.1) is 0 Å². The first-order chi connectivity index (χ1) is 8.91. The van der Waals surface area contributed by atoms with Gasteiger partial charge in [-0.15, -0.1) is 0 Å². The van der Waals surface area contributed by atoms with Crippen LogP contribution >= 0.6 is 0 Å². The number of carboxylic acid groups (broad SMARTS) is 1. The van der Waals surface area contributed by atoms with E-state index in [-0.39, 0.29) is 10.5 Å². The van der Waals surface area contributed by atoms with Gasteiger partial charge in [0.2, 0.25) is 0 Å². The van der Waals surface area contributed by atoms with Gasteiger partial charge in [0.05, 0.1) is 23.8 Å². The lowest BCUT2D eigenvalue weighted by atomic mass is 10.1. The quantitative estimate of drug-likeness (QED) is 0.876. The largest absolute Gasteiger partial charge is 0.478 e. The standard InChI is InChI=1S/C12H15NO5S/c1-19(16,17)10-4-2-3-9(11(10)12(14)15)13-5-7-18-8-6-13/h2-4H,5-8H2,1H3,(H,14,15). The van der Waals surface area contributed by atoms with Gasteiger partial charge in [-0.3, -0.25) is 0 Å². The van der Waals surface area contributed by atoms with E-state index in [4.69, 9.17) is 4.74 Å². The molecule has 1 aromatic rings. The molecule has 19 heavy (non-hydrogen) atoms. The number of morpholine rings is 1. The van der Waals surface area contributed by atoms with Gasteiger partial charge in [-0.1, -0.05) is 6.07 Å². The third kappa shape index (κ3) is 2.87. The fourth-order valence-corrected chi connectivity index (χ4v) is 3.00. The lowest BCUT2D eigenvalue weighted by Crippen LogP contribution is -2.37. The Balaban J connectivity index is 2.57. The predicted molar refractivity (Wildman–Crippen MR) is 69.5 cm³/mol. The van der Waals surface area contributed by atoms with Crippen molar-refractivity contribution in [2.24, 2.45) is 0 Å². The Kier molecular flexibility index (Phi) is 3.77. The van der Waals surface area contributed by atoms with E-state index in [0.717, 1.165) is 6.26 Å². The fraction of sp³-hybridized carbons (Fsp3) is 0.417. The molecule has 6 nitrogen and oxygen atoms in total. The minimum Gasteiger partial charge on any atom is -0.478 e. The summed E-state index contributed by atoms with van der Waals surface area (Å²) < 4.78 is 28.6. The van der Waals surface area contributed by atoms with E-state index in [0.29, 0.717) is 32.0 Å². The van der Waals surface area contributed by atoms with Crippen molar-refractivity contribution in [3.8, 4) is 0 Å². The summed E-state index contributed by atoms with van der Waals surface area (Å²) in [4.78, 5) is 13.1. The van der Waals surface area contributed by atoms with E-state index >= 15 is 0 Å². The van der Waals surface area contributed by atoms with Crippen LogP contribution < -0.4 is 4.90 Å². The number of aromatic carboxylic acids is 1. The Labute approximate surface area is 111 Å². The maximum Gasteiger partial charge on any atom is 0.339 e. The number of anilines is 1. The summed E-state index contributed by atoms with van der Waals surface area (Å²) in [6.07, 6.45) is 1.01. The van der Waals surface area contributed by atoms with Crippen LogP contribution in [0.25, 0.3) is 0 Å². The molecule has 0 bridgehead atoms. The van der Waals surface area contributed by atoms with Crippen LogP contribution in [0.3, 0.4) is 0 Å². The summed E-state index contributed by atoms with van der Waals surface area (Å²) in [6.45, 7) is 2.10. The topological polar surface area (TPSA) is 83.9 Å². The van der Waals surface area contributed by atoms with Crippen molar-refractivity contribution in [3.63, 3.8) is 0 Å². The van der Waals surface area contributed by atoms with Gasteiger partial charge in [0.1, 0.15) is 5.56 Å². The van der Waals surface area contributed by atoms with Crippen LogP contribution in [0.2, 0.25) is 0 Å². The fourth-order valence-electron chi connectivity index (χ4n) is 2.11. The maximum atomic E-state index is 11.7. The highest BCUT2D eigenvalue weighted by Gasteiger charge is 2.25. The van der Waals surface area contributed by atoms with Gasteiger partial charge in [0, 0.05) is 19.3 Å². The SMILES string of the molecule is CS(=O)(=O)c1cccc(N2CCOCC2)c1C(=O)O. The van der Waals surface area contributed by atoms with Crippen molar-refractivity contribution in [3.05, 3.63) is 23.8 Å². The van der Waals surface area contributed by atoms with Gasteiger partial charge in [-0.05, 0) is 12.1 Å². The van der Waals surface area contributed by atoms with Crippen LogP contribution in [-0.2, 0) is 14.6 Å². The van der Waals surface area contributed by atoms with Gasteiger partial charge in [0.15, 0.2) is 9.84 Å². The minimum absolute atomic E-state index is 0.149. The number of hydrogen-bond acceptors (Lipinski definition) is 5. The first-order valence-corrected chi connectivity index (χ1v) is 7.69. The molecule has 104 valence electrons. The molecule has 0 unspecified atom stereocenters. The van der Waals surface area contributed by atoms with Gasteiger partial charge >= 0.3 is 5.97 Å². The third-order valence-corrected chi connectivity index (χ3v) is 4.11. The maximum absolute atomic E-state index is 11.7. The Morgan fingerprint density at radius 2 is 1.95 bits per heavy atom. The van der Waals surface area contributed by atoms with Crippen molar-refractivity contribution < 1.29 is 23.1 Å². The molecular weight excluding hydrogens is 270 g/mol. The summed E-state index contributed by atoms with van der Waals surface area (Å²) in [5, 5.41) is 9.32. The van der Waals surface area contributed by atoms with Gasteiger partial charge < -0.3 is 14.7 Å². The zero-order valence-electron chi connectivity index (χ0n) is 10.5. The molecule has 1 saturated heterocycles. The van der Waals surface area contributed by atoms with Crippen LogP contribution in [0.15, 0.2) is 23.1 Å².